The van der Waals surface area contributed by atoms with E-state index in [4.69, 9.17) is 9.15 Å². The van der Waals surface area contributed by atoms with Gasteiger partial charge in [0.05, 0.1) is 12.9 Å². The molecule has 0 saturated heterocycles. The molecule has 2 heterocycles. The molecule has 0 aromatic carbocycles. The minimum atomic E-state index is 0.391. The fourth-order valence-electron chi connectivity index (χ4n) is 1.55. The van der Waals surface area contributed by atoms with Crippen LogP contribution < -0.4 is 5.32 Å². The van der Waals surface area contributed by atoms with Crippen LogP contribution in [-0.2, 0) is 11.3 Å². The van der Waals surface area contributed by atoms with Gasteiger partial charge in [-0.25, -0.2) is 0 Å². The second-order valence-corrected chi connectivity index (χ2v) is 4.80. The Hall–Kier alpha value is -1.10. The van der Waals surface area contributed by atoms with Crippen molar-refractivity contribution in [2.75, 3.05) is 13.2 Å². The van der Waals surface area contributed by atoms with Crippen LogP contribution in [0.4, 0.5) is 0 Å². The maximum Gasteiger partial charge on any atom is 0.129 e. The molecule has 2 rings (SSSR count). The minimum Gasteiger partial charge on any atom is -0.467 e. The van der Waals surface area contributed by atoms with Crippen molar-refractivity contribution in [3.63, 3.8) is 0 Å². The fraction of sp³-hybridized carbons (Fsp3) is 0.385. The second-order valence-electron chi connectivity index (χ2n) is 3.82. The van der Waals surface area contributed by atoms with Crippen molar-refractivity contribution in [3.05, 3.63) is 46.5 Å². The quantitative estimate of drug-likeness (QED) is 0.767. The molecule has 0 aliphatic heterocycles. The third kappa shape index (κ3) is 4.00. The highest BCUT2D eigenvalue weighted by Crippen LogP contribution is 2.17. The Kier molecular flexibility index (Phi) is 4.79. The summed E-state index contributed by atoms with van der Waals surface area (Å²) in [6.45, 7) is 4.25. The second kappa shape index (κ2) is 6.59. The molecule has 0 aliphatic rings. The van der Waals surface area contributed by atoms with Gasteiger partial charge in [0.2, 0.25) is 0 Å². The van der Waals surface area contributed by atoms with E-state index >= 15 is 0 Å². The molecule has 0 amide bonds. The SMILES string of the molecule is CC(NCCOCc1ccco1)c1cccs1. The lowest BCUT2D eigenvalue weighted by molar-refractivity contribution is 0.106. The Morgan fingerprint density at radius 3 is 3.06 bits per heavy atom. The zero-order chi connectivity index (χ0) is 11.9. The molecule has 3 nitrogen and oxygen atoms in total. The van der Waals surface area contributed by atoms with E-state index in [0.717, 1.165) is 12.3 Å². The van der Waals surface area contributed by atoms with Gasteiger partial charge in [-0.05, 0) is 30.5 Å². The van der Waals surface area contributed by atoms with E-state index in [9.17, 15) is 0 Å². The molecular weight excluding hydrogens is 234 g/mol. The molecule has 0 aliphatic carbocycles. The lowest BCUT2D eigenvalue weighted by Gasteiger charge is -2.11. The molecule has 2 aromatic heterocycles. The summed E-state index contributed by atoms with van der Waals surface area (Å²) >= 11 is 1.77. The number of furan rings is 1. The summed E-state index contributed by atoms with van der Waals surface area (Å²) in [6.07, 6.45) is 1.66. The van der Waals surface area contributed by atoms with E-state index in [2.05, 4.69) is 29.8 Å². The maximum atomic E-state index is 5.49. The number of rotatable bonds is 7. The summed E-state index contributed by atoms with van der Waals surface area (Å²) < 4.78 is 10.7. The molecule has 17 heavy (non-hydrogen) atoms. The third-order valence-electron chi connectivity index (χ3n) is 2.49. The van der Waals surface area contributed by atoms with Crippen molar-refractivity contribution in [1.29, 1.82) is 0 Å². The van der Waals surface area contributed by atoms with Gasteiger partial charge in [0.1, 0.15) is 12.4 Å². The van der Waals surface area contributed by atoms with E-state index in [0.29, 0.717) is 19.3 Å². The molecule has 1 atom stereocenters. The smallest absolute Gasteiger partial charge is 0.129 e. The predicted molar refractivity (Wildman–Crippen MR) is 69.1 cm³/mol. The highest BCUT2D eigenvalue weighted by molar-refractivity contribution is 7.10. The minimum absolute atomic E-state index is 0.391. The number of ether oxygens (including phenoxy) is 1. The number of thiophene rings is 1. The molecule has 92 valence electrons. The van der Waals surface area contributed by atoms with Crippen molar-refractivity contribution in [2.45, 2.75) is 19.6 Å². The van der Waals surface area contributed by atoms with Gasteiger partial charge in [-0.15, -0.1) is 11.3 Å². The molecule has 4 heteroatoms. The molecule has 0 saturated carbocycles. The average molecular weight is 251 g/mol. The monoisotopic (exact) mass is 251 g/mol. The molecule has 2 aromatic rings. The van der Waals surface area contributed by atoms with Crippen molar-refractivity contribution in [2.24, 2.45) is 0 Å². The lowest BCUT2D eigenvalue weighted by Crippen LogP contribution is -2.22. The molecule has 0 spiro atoms. The van der Waals surface area contributed by atoms with Crippen LogP contribution in [0.2, 0.25) is 0 Å². The van der Waals surface area contributed by atoms with Crippen LogP contribution in [-0.4, -0.2) is 13.2 Å². The van der Waals surface area contributed by atoms with Crippen LogP contribution in [0.25, 0.3) is 0 Å². The summed E-state index contributed by atoms with van der Waals surface area (Å²) in [5, 5.41) is 5.52. The largest absolute Gasteiger partial charge is 0.467 e. The van der Waals surface area contributed by atoms with Crippen molar-refractivity contribution < 1.29 is 9.15 Å². The molecule has 1 N–H and O–H groups in total. The van der Waals surface area contributed by atoms with Crippen LogP contribution in [0.3, 0.4) is 0 Å². The molecule has 0 radical (unpaired) electrons. The number of hydrogen-bond acceptors (Lipinski definition) is 4. The summed E-state index contributed by atoms with van der Waals surface area (Å²) in [5.41, 5.74) is 0. The number of hydrogen-bond donors (Lipinski definition) is 1. The van der Waals surface area contributed by atoms with Crippen LogP contribution in [0.5, 0.6) is 0 Å². The van der Waals surface area contributed by atoms with Gasteiger partial charge in [0, 0.05) is 17.5 Å². The van der Waals surface area contributed by atoms with Gasteiger partial charge < -0.3 is 14.5 Å². The highest BCUT2D eigenvalue weighted by Gasteiger charge is 2.04. The summed E-state index contributed by atoms with van der Waals surface area (Å²) in [7, 11) is 0. The van der Waals surface area contributed by atoms with Gasteiger partial charge in [0.15, 0.2) is 0 Å². The molecule has 0 fully saturated rings. The maximum absolute atomic E-state index is 5.49. The zero-order valence-corrected chi connectivity index (χ0v) is 10.7. The van der Waals surface area contributed by atoms with E-state index < -0.39 is 0 Å². The van der Waals surface area contributed by atoms with E-state index in [1.54, 1.807) is 17.6 Å². The van der Waals surface area contributed by atoms with E-state index in [1.807, 2.05) is 12.1 Å². The third-order valence-corrected chi connectivity index (χ3v) is 3.55. The molecule has 0 bridgehead atoms. The summed E-state index contributed by atoms with van der Waals surface area (Å²) in [5.74, 6) is 0.872. The predicted octanol–water partition coefficient (Wildman–Crippen LogP) is 3.21. The Balaban J connectivity index is 1.57. The van der Waals surface area contributed by atoms with Crippen molar-refractivity contribution in [3.8, 4) is 0 Å². The van der Waals surface area contributed by atoms with Gasteiger partial charge in [-0.1, -0.05) is 6.07 Å². The van der Waals surface area contributed by atoms with Crippen LogP contribution >= 0.6 is 11.3 Å². The Morgan fingerprint density at radius 1 is 1.41 bits per heavy atom. The zero-order valence-electron chi connectivity index (χ0n) is 9.89. The van der Waals surface area contributed by atoms with Crippen LogP contribution in [0.1, 0.15) is 23.6 Å². The summed E-state index contributed by atoms with van der Waals surface area (Å²) in [6, 6.07) is 8.40. The van der Waals surface area contributed by atoms with Gasteiger partial charge in [-0.2, -0.15) is 0 Å². The van der Waals surface area contributed by atoms with Gasteiger partial charge in [0.25, 0.3) is 0 Å². The first-order chi connectivity index (χ1) is 8.36. The fourth-order valence-corrected chi connectivity index (χ4v) is 2.31. The van der Waals surface area contributed by atoms with Crippen molar-refractivity contribution in [1.82, 2.24) is 5.32 Å². The Labute approximate surface area is 105 Å². The first-order valence-corrected chi connectivity index (χ1v) is 6.61. The average Bonchev–Trinajstić information content (AvgIpc) is 3.01. The topological polar surface area (TPSA) is 34.4 Å². The van der Waals surface area contributed by atoms with Crippen LogP contribution in [0.15, 0.2) is 40.3 Å². The first-order valence-electron chi connectivity index (χ1n) is 5.73. The lowest BCUT2D eigenvalue weighted by atomic mass is 10.3. The Morgan fingerprint density at radius 2 is 2.35 bits per heavy atom. The van der Waals surface area contributed by atoms with Gasteiger partial charge in [-0.3, -0.25) is 0 Å². The standard InChI is InChI=1S/C13H17NO2S/c1-11(13-5-3-9-17-13)14-6-8-15-10-12-4-2-7-16-12/h2-5,7,9,11,14H,6,8,10H2,1H3. The summed E-state index contributed by atoms with van der Waals surface area (Å²) in [4.78, 5) is 1.36. The highest BCUT2D eigenvalue weighted by atomic mass is 32.1. The van der Waals surface area contributed by atoms with E-state index in [1.165, 1.54) is 4.88 Å². The van der Waals surface area contributed by atoms with Crippen LogP contribution in [0, 0.1) is 0 Å². The Bertz CT molecular complexity index is 397. The first kappa shape index (κ1) is 12.4. The van der Waals surface area contributed by atoms with Crippen molar-refractivity contribution >= 4 is 11.3 Å². The number of nitrogens with one attached hydrogen (secondary N) is 1. The molecule has 1 unspecified atom stereocenters. The van der Waals surface area contributed by atoms with Gasteiger partial charge >= 0.3 is 0 Å². The normalized spacial score (nSPS) is 12.8. The molecular formula is C13H17NO2S. The van der Waals surface area contributed by atoms with E-state index in [-0.39, 0.29) is 0 Å².